The van der Waals surface area contributed by atoms with Crippen LogP contribution < -0.4 is 10.6 Å². The van der Waals surface area contributed by atoms with Crippen LogP contribution >= 0.6 is 7.14 Å². The summed E-state index contributed by atoms with van der Waals surface area (Å²) in [5, 5.41) is 10.1. The van der Waals surface area contributed by atoms with E-state index in [1.807, 2.05) is 60.7 Å². The van der Waals surface area contributed by atoms with Gasteiger partial charge in [-0.15, -0.1) is 0 Å². The van der Waals surface area contributed by atoms with Crippen LogP contribution in [0.15, 0.2) is 70.9 Å². The highest BCUT2D eigenvalue weighted by atomic mass is 31.2. The van der Waals surface area contributed by atoms with E-state index in [0.29, 0.717) is 5.92 Å². The van der Waals surface area contributed by atoms with Gasteiger partial charge in [-0.25, -0.2) is 0 Å². The summed E-state index contributed by atoms with van der Waals surface area (Å²) in [5.74, 6) is 0.337. The third-order valence-corrected chi connectivity index (χ3v) is 8.66. The molecule has 21 heavy (non-hydrogen) atoms. The Labute approximate surface area is 124 Å². The van der Waals surface area contributed by atoms with Crippen LogP contribution in [-0.2, 0) is 4.57 Å². The Balaban J connectivity index is 1.96. The summed E-state index contributed by atoms with van der Waals surface area (Å²) in [4.78, 5) is 0. The van der Waals surface area contributed by atoms with Gasteiger partial charge in [0.2, 0.25) is 0 Å². The maximum atomic E-state index is 14.2. The van der Waals surface area contributed by atoms with Crippen LogP contribution in [0.2, 0.25) is 0 Å². The van der Waals surface area contributed by atoms with Gasteiger partial charge in [-0.05, 0) is 12.8 Å². The van der Waals surface area contributed by atoms with Crippen LogP contribution in [0, 0.1) is 5.92 Å². The zero-order valence-electron chi connectivity index (χ0n) is 11.7. The topological polar surface area (TPSA) is 41.8 Å². The predicted molar refractivity (Wildman–Crippen MR) is 84.9 cm³/mol. The highest BCUT2D eigenvalue weighted by Gasteiger charge is 2.62. The molecule has 2 aromatic rings. The molecular formula is C17H17N2OP. The van der Waals surface area contributed by atoms with E-state index in [1.165, 1.54) is 0 Å². The molecule has 1 aliphatic heterocycles. The standard InChI is InChI=1S/C17H17N2OP/c20-21(15-7-3-1-4-8-15,16-9-5-2-6-10-16)17-12-11-14(17)13-18-19-17/h1-10,14H,11-13H2/t14-,17+/m1/s1. The molecule has 1 saturated carbocycles. The molecule has 2 aromatic carbocycles. The third kappa shape index (κ3) is 1.64. The van der Waals surface area contributed by atoms with E-state index in [-0.39, 0.29) is 0 Å². The van der Waals surface area contributed by atoms with Gasteiger partial charge >= 0.3 is 0 Å². The molecule has 1 heterocycles. The molecule has 0 N–H and O–H groups in total. The first-order valence-electron chi connectivity index (χ1n) is 7.37. The van der Waals surface area contributed by atoms with E-state index in [2.05, 4.69) is 10.2 Å². The summed E-state index contributed by atoms with van der Waals surface area (Å²) in [6.45, 7) is 0.726. The minimum atomic E-state index is -2.81. The lowest BCUT2D eigenvalue weighted by atomic mass is 9.80. The second-order valence-corrected chi connectivity index (χ2v) is 8.84. The van der Waals surface area contributed by atoms with Crippen molar-refractivity contribution in [2.75, 3.05) is 6.54 Å². The van der Waals surface area contributed by atoms with Gasteiger partial charge in [-0.3, -0.25) is 0 Å². The number of nitrogens with zero attached hydrogens (tertiary/aromatic N) is 2. The molecule has 2 aliphatic rings. The lowest BCUT2D eigenvalue weighted by Crippen LogP contribution is -2.48. The second-order valence-electron chi connectivity index (χ2n) is 5.82. The average Bonchev–Trinajstić information content (AvgIpc) is 2.84. The van der Waals surface area contributed by atoms with Crippen molar-refractivity contribution in [1.29, 1.82) is 0 Å². The minimum Gasteiger partial charge on any atom is -0.311 e. The number of fused-ring (bicyclic) bond motifs is 1. The first-order chi connectivity index (χ1) is 10.3. The van der Waals surface area contributed by atoms with Gasteiger partial charge in [0.25, 0.3) is 0 Å². The second kappa shape index (κ2) is 4.64. The van der Waals surface area contributed by atoms with Gasteiger partial charge in [0.15, 0.2) is 7.14 Å². The van der Waals surface area contributed by atoms with Crippen molar-refractivity contribution < 1.29 is 4.57 Å². The number of benzene rings is 2. The van der Waals surface area contributed by atoms with E-state index in [9.17, 15) is 4.57 Å². The van der Waals surface area contributed by atoms with Gasteiger partial charge in [-0.1, -0.05) is 60.7 Å². The first kappa shape index (κ1) is 13.0. The Hall–Kier alpha value is -1.73. The molecule has 0 amide bonds. The van der Waals surface area contributed by atoms with Crippen LogP contribution in [0.1, 0.15) is 12.8 Å². The molecule has 0 bridgehead atoms. The zero-order chi connectivity index (χ0) is 14.3. The maximum absolute atomic E-state index is 14.2. The summed E-state index contributed by atoms with van der Waals surface area (Å²) in [7, 11) is -2.81. The fourth-order valence-corrected chi connectivity index (χ4v) is 7.32. The molecule has 0 unspecified atom stereocenters. The lowest BCUT2D eigenvalue weighted by Gasteiger charge is -2.46. The fraction of sp³-hybridized carbons (Fsp3) is 0.294. The summed E-state index contributed by atoms with van der Waals surface area (Å²) in [5.41, 5.74) is 0. The first-order valence-corrected chi connectivity index (χ1v) is 9.08. The van der Waals surface area contributed by atoms with E-state index >= 15 is 0 Å². The van der Waals surface area contributed by atoms with Gasteiger partial charge in [0.1, 0.15) is 5.28 Å². The van der Waals surface area contributed by atoms with Gasteiger partial charge < -0.3 is 4.57 Å². The highest BCUT2D eigenvalue weighted by molar-refractivity contribution is 7.80. The Morgan fingerprint density at radius 1 is 0.952 bits per heavy atom. The van der Waals surface area contributed by atoms with Crippen LogP contribution in [-0.4, -0.2) is 11.8 Å². The van der Waals surface area contributed by atoms with Crippen molar-refractivity contribution >= 4 is 17.8 Å². The molecule has 4 heteroatoms. The predicted octanol–water partition coefficient (Wildman–Crippen LogP) is 3.57. The molecule has 0 aromatic heterocycles. The summed E-state index contributed by atoms with van der Waals surface area (Å²) < 4.78 is 14.2. The van der Waals surface area contributed by atoms with Crippen molar-refractivity contribution in [1.82, 2.24) is 0 Å². The van der Waals surface area contributed by atoms with Crippen LogP contribution in [0.4, 0.5) is 0 Å². The van der Waals surface area contributed by atoms with E-state index in [1.54, 1.807) is 0 Å². The van der Waals surface area contributed by atoms with Gasteiger partial charge in [0, 0.05) is 16.5 Å². The molecular weight excluding hydrogens is 279 g/mol. The summed E-state index contributed by atoms with van der Waals surface area (Å²) in [6, 6.07) is 19.7. The molecule has 2 atom stereocenters. The number of hydrogen-bond donors (Lipinski definition) is 0. The Kier molecular flexibility index (Phi) is 2.87. The Morgan fingerprint density at radius 2 is 1.52 bits per heavy atom. The van der Waals surface area contributed by atoms with Gasteiger partial charge in [-0.2, -0.15) is 10.2 Å². The minimum absolute atomic E-state index is 0.337. The van der Waals surface area contributed by atoms with Crippen LogP contribution in [0.5, 0.6) is 0 Å². The molecule has 0 radical (unpaired) electrons. The average molecular weight is 296 g/mol. The zero-order valence-corrected chi connectivity index (χ0v) is 12.6. The van der Waals surface area contributed by atoms with Crippen LogP contribution in [0.3, 0.4) is 0 Å². The summed E-state index contributed by atoms with van der Waals surface area (Å²) >= 11 is 0. The van der Waals surface area contributed by atoms with Crippen molar-refractivity contribution in [2.45, 2.75) is 18.1 Å². The van der Waals surface area contributed by atoms with Crippen LogP contribution in [0.25, 0.3) is 0 Å². The Bertz CT molecular complexity index is 685. The van der Waals surface area contributed by atoms with E-state index in [0.717, 1.165) is 30.0 Å². The lowest BCUT2D eigenvalue weighted by molar-refractivity contribution is 0.252. The molecule has 4 rings (SSSR count). The monoisotopic (exact) mass is 296 g/mol. The maximum Gasteiger partial charge on any atom is 0.171 e. The largest absolute Gasteiger partial charge is 0.311 e. The Morgan fingerprint density at radius 3 is 1.95 bits per heavy atom. The van der Waals surface area contributed by atoms with Gasteiger partial charge in [0.05, 0.1) is 6.54 Å². The molecule has 106 valence electrons. The number of rotatable bonds is 3. The molecule has 0 saturated heterocycles. The van der Waals surface area contributed by atoms with Crippen molar-refractivity contribution in [3.8, 4) is 0 Å². The summed E-state index contributed by atoms with van der Waals surface area (Å²) in [6.07, 6.45) is 1.96. The number of azo groups is 1. The SMILES string of the molecule is O=P(c1ccccc1)(c1ccccc1)[C@@]12CC[C@@H]1CN=N2. The molecule has 3 nitrogen and oxygen atoms in total. The smallest absolute Gasteiger partial charge is 0.171 e. The van der Waals surface area contributed by atoms with E-state index in [4.69, 9.17) is 0 Å². The van der Waals surface area contributed by atoms with Crippen molar-refractivity contribution in [3.63, 3.8) is 0 Å². The molecule has 1 fully saturated rings. The molecule has 1 aliphatic carbocycles. The van der Waals surface area contributed by atoms with E-state index < -0.39 is 12.4 Å². The fourth-order valence-electron chi connectivity index (χ4n) is 3.59. The normalized spacial score (nSPS) is 27.1. The van der Waals surface area contributed by atoms with Crippen molar-refractivity contribution in [2.24, 2.45) is 16.1 Å². The number of hydrogen-bond acceptors (Lipinski definition) is 3. The highest BCUT2D eigenvalue weighted by Crippen LogP contribution is 2.69. The third-order valence-electron chi connectivity index (χ3n) is 4.85. The van der Waals surface area contributed by atoms with Crippen molar-refractivity contribution in [3.05, 3.63) is 60.7 Å². The quantitative estimate of drug-likeness (QED) is 0.798. The molecule has 0 spiro atoms.